The molecule has 0 fully saturated rings. The SMILES string of the molecule is COCCCc1nnc(NSC(C)C(OC)c2ncc(Cl)cn2)n1Cc1ccon1. The van der Waals surface area contributed by atoms with E-state index in [1.807, 2.05) is 17.6 Å². The van der Waals surface area contributed by atoms with E-state index in [1.54, 1.807) is 32.9 Å². The lowest BCUT2D eigenvalue weighted by Gasteiger charge is -2.21. The second-order valence-electron chi connectivity index (χ2n) is 6.45. The number of aromatic nitrogens is 6. The van der Waals surface area contributed by atoms with Gasteiger partial charge in [0.15, 0.2) is 5.82 Å². The summed E-state index contributed by atoms with van der Waals surface area (Å²) in [5.41, 5.74) is 0.785. The normalized spacial score (nSPS) is 13.3. The summed E-state index contributed by atoms with van der Waals surface area (Å²) in [5, 5.41) is 13.1. The fraction of sp³-hybridized carbons (Fsp3) is 0.500. The van der Waals surface area contributed by atoms with E-state index in [2.05, 4.69) is 30.0 Å². The van der Waals surface area contributed by atoms with Gasteiger partial charge in [-0.2, -0.15) is 0 Å². The first-order chi connectivity index (χ1) is 14.6. The lowest BCUT2D eigenvalue weighted by molar-refractivity contribution is 0.0972. The molecule has 0 radical (unpaired) electrons. The van der Waals surface area contributed by atoms with Gasteiger partial charge in [0.05, 0.1) is 16.8 Å². The van der Waals surface area contributed by atoms with Crippen molar-refractivity contribution in [2.45, 2.75) is 37.7 Å². The van der Waals surface area contributed by atoms with Crippen molar-refractivity contribution in [2.75, 3.05) is 25.5 Å². The van der Waals surface area contributed by atoms with Crippen LogP contribution in [0.4, 0.5) is 5.95 Å². The van der Waals surface area contributed by atoms with Crippen molar-refractivity contribution >= 4 is 29.5 Å². The summed E-state index contributed by atoms with van der Waals surface area (Å²) >= 11 is 7.33. The van der Waals surface area contributed by atoms with Gasteiger partial charge in [-0.25, -0.2) is 9.97 Å². The summed E-state index contributed by atoms with van der Waals surface area (Å²) in [6.07, 6.45) is 5.91. The molecule has 3 aromatic heterocycles. The summed E-state index contributed by atoms with van der Waals surface area (Å²) in [6.45, 7) is 3.17. The van der Waals surface area contributed by atoms with E-state index in [0.29, 0.717) is 29.9 Å². The van der Waals surface area contributed by atoms with Gasteiger partial charge in [0.2, 0.25) is 5.95 Å². The zero-order valence-electron chi connectivity index (χ0n) is 17.0. The van der Waals surface area contributed by atoms with Crippen LogP contribution in [0, 0.1) is 0 Å². The van der Waals surface area contributed by atoms with Crippen LogP contribution in [-0.4, -0.2) is 56.0 Å². The van der Waals surface area contributed by atoms with Gasteiger partial charge >= 0.3 is 0 Å². The maximum Gasteiger partial charge on any atom is 0.235 e. The number of nitrogens with zero attached hydrogens (tertiary/aromatic N) is 6. The van der Waals surface area contributed by atoms with Crippen LogP contribution in [0.3, 0.4) is 0 Å². The number of methoxy groups -OCH3 is 2. The molecule has 0 aromatic carbocycles. The Morgan fingerprint density at radius 3 is 2.73 bits per heavy atom. The van der Waals surface area contributed by atoms with Gasteiger partial charge in [0, 0.05) is 45.7 Å². The Kier molecular flexibility index (Phi) is 8.43. The van der Waals surface area contributed by atoms with Gasteiger partial charge in [0.1, 0.15) is 23.9 Å². The van der Waals surface area contributed by atoms with E-state index in [4.69, 9.17) is 25.6 Å². The van der Waals surface area contributed by atoms with Crippen LogP contribution in [0.2, 0.25) is 5.02 Å². The number of hydrogen-bond donors (Lipinski definition) is 1. The van der Waals surface area contributed by atoms with Crippen molar-refractivity contribution in [1.29, 1.82) is 0 Å². The van der Waals surface area contributed by atoms with Crippen LogP contribution < -0.4 is 4.72 Å². The van der Waals surface area contributed by atoms with Crippen LogP contribution in [-0.2, 0) is 22.4 Å². The van der Waals surface area contributed by atoms with E-state index < -0.39 is 0 Å². The number of halogens is 1. The minimum Gasteiger partial charge on any atom is -0.385 e. The van der Waals surface area contributed by atoms with E-state index in [9.17, 15) is 0 Å². The van der Waals surface area contributed by atoms with Crippen LogP contribution >= 0.6 is 23.5 Å². The molecule has 30 heavy (non-hydrogen) atoms. The summed E-state index contributed by atoms with van der Waals surface area (Å²) in [7, 11) is 3.31. The Bertz CT molecular complexity index is 892. The molecule has 3 heterocycles. The highest BCUT2D eigenvalue weighted by atomic mass is 35.5. The molecule has 1 N–H and O–H groups in total. The molecule has 12 heteroatoms. The smallest absolute Gasteiger partial charge is 0.235 e. The monoisotopic (exact) mass is 453 g/mol. The zero-order valence-corrected chi connectivity index (χ0v) is 18.6. The summed E-state index contributed by atoms with van der Waals surface area (Å²) in [5.74, 6) is 2.03. The molecular formula is C18H24ClN7O3S. The fourth-order valence-corrected chi connectivity index (χ4v) is 3.70. The lowest BCUT2D eigenvalue weighted by atomic mass is 10.2. The van der Waals surface area contributed by atoms with Crippen LogP contribution in [0.5, 0.6) is 0 Å². The number of aryl methyl sites for hydroxylation is 1. The van der Waals surface area contributed by atoms with Gasteiger partial charge in [-0.1, -0.05) is 16.8 Å². The minimum absolute atomic E-state index is 0.0229. The Labute approximate surface area is 183 Å². The van der Waals surface area contributed by atoms with Crippen molar-refractivity contribution in [1.82, 2.24) is 29.9 Å². The molecule has 0 bridgehead atoms. The Hall–Kier alpha value is -2.21. The number of nitrogens with one attached hydrogen (secondary N) is 1. The highest BCUT2D eigenvalue weighted by Gasteiger charge is 2.24. The molecule has 2 unspecified atom stereocenters. The highest BCUT2D eigenvalue weighted by Crippen LogP contribution is 2.28. The van der Waals surface area contributed by atoms with E-state index in [-0.39, 0.29) is 11.4 Å². The molecule has 2 atom stereocenters. The molecule has 0 aliphatic heterocycles. The van der Waals surface area contributed by atoms with Gasteiger partial charge in [-0.05, 0) is 25.3 Å². The largest absolute Gasteiger partial charge is 0.385 e. The van der Waals surface area contributed by atoms with Crippen molar-refractivity contribution in [3.63, 3.8) is 0 Å². The molecular weight excluding hydrogens is 430 g/mol. The van der Waals surface area contributed by atoms with E-state index >= 15 is 0 Å². The van der Waals surface area contributed by atoms with Gasteiger partial charge < -0.3 is 14.0 Å². The van der Waals surface area contributed by atoms with Gasteiger partial charge in [0.25, 0.3) is 0 Å². The molecule has 0 saturated carbocycles. The molecule has 0 amide bonds. The summed E-state index contributed by atoms with van der Waals surface area (Å²) in [6, 6.07) is 1.82. The zero-order chi connectivity index (χ0) is 21.3. The maximum atomic E-state index is 5.88. The molecule has 10 nitrogen and oxygen atoms in total. The molecule has 0 spiro atoms. The van der Waals surface area contributed by atoms with Crippen molar-refractivity contribution in [3.05, 3.63) is 47.1 Å². The first kappa shape index (κ1) is 22.5. The first-order valence-corrected chi connectivity index (χ1v) is 10.6. The highest BCUT2D eigenvalue weighted by molar-refractivity contribution is 8.01. The van der Waals surface area contributed by atoms with Crippen LogP contribution in [0.1, 0.15) is 36.8 Å². The topological polar surface area (TPSA) is 113 Å². The lowest BCUT2D eigenvalue weighted by Crippen LogP contribution is -2.19. The number of hydrogen-bond acceptors (Lipinski definition) is 10. The molecule has 162 valence electrons. The third kappa shape index (κ3) is 5.91. The van der Waals surface area contributed by atoms with Crippen molar-refractivity contribution < 1.29 is 14.0 Å². The minimum atomic E-state index is -0.326. The predicted octanol–water partition coefficient (Wildman–Crippen LogP) is 3.17. The van der Waals surface area contributed by atoms with Gasteiger partial charge in [-0.3, -0.25) is 9.29 Å². The van der Waals surface area contributed by atoms with Crippen molar-refractivity contribution in [3.8, 4) is 0 Å². The number of ether oxygens (including phenoxy) is 2. The second kappa shape index (κ2) is 11.3. The Morgan fingerprint density at radius 1 is 1.27 bits per heavy atom. The Balaban J connectivity index is 1.70. The second-order valence-corrected chi connectivity index (χ2v) is 8.07. The summed E-state index contributed by atoms with van der Waals surface area (Å²) < 4.78 is 21.0. The fourth-order valence-electron chi connectivity index (χ4n) is 2.80. The standard InChI is InChI=1S/C18H24ClN7O3S/c1-12(16(28-3)17-20-9-13(19)10-21-17)30-25-18-23-22-15(5-4-7-27-2)26(18)11-14-6-8-29-24-14/h6,8-10,12,16H,4-5,7,11H2,1-3H3,(H,23,25). The maximum absolute atomic E-state index is 5.88. The van der Waals surface area contributed by atoms with Crippen molar-refractivity contribution in [2.24, 2.45) is 0 Å². The third-order valence-corrected chi connectivity index (χ3v) is 5.41. The molecule has 0 aliphatic rings. The number of rotatable bonds is 12. The van der Waals surface area contributed by atoms with Crippen LogP contribution in [0.25, 0.3) is 0 Å². The van der Waals surface area contributed by atoms with Crippen LogP contribution in [0.15, 0.2) is 29.2 Å². The first-order valence-electron chi connectivity index (χ1n) is 9.34. The van der Waals surface area contributed by atoms with Gasteiger partial charge in [-0.15, -0.1) is 10.2 Å². The average molecular weight is 454 g/mol. The third-order valence-electron chi connectivity index (χ3n) is 4.30. The van der Waals surface area contributed by atoms with E-state index in [0.717, 1.165) is 24.4 Å². The predicted molar refractivity (Wildman–Crippen MR) is 113 cm³/mol. The quantitative estimate of drug-likeness (QED) is 0.324. The molecule has 3 rings (SSSR count). The molecule has 0 saturated heterocycles. The molecule has 3 aromatic rings. The number of anilines is 1. The average Bonchev–Trinajstić information content (AvgIpc) is 3.39. The Morgan fingerprint density at radius 2 is 2.07 bits per heavy atom. The summed E-state index contributed by atoms with van der Waals surface area (Å²) in [4.78, 5) is 8.53. The van der Waals surface area contributed by atoms with E-state index in [1.165, 1.54) is 11.9 Å². The molecule has 0 aliphatic carbocycles.